The van der Waals surface area contributed by atoms with Crippen molar-refractivity contribution >= 4 is 11.7 Å². The van der Waals surface area contributed by atoms with Crippen LogP contribution in [0.15, 0.2) is 73.1 Å². The quantitative estimate of drug-likeness (QED) is 0.705. The molecule has 1 amide bonds. The van der Waals surface area contributed by atoms with Crippen molar-refractivity contribution < 1.29 is 4.79 Å². The molecular formula is C23H25N5O. The van der Waals surface area contributed by atoms with Gasteiger partial charge in [0.05, 0.1) is 17.8 Å². The third kappa shape index (κ3) is 5.18. The van der Waals surface area contributed by atoms with Crippen LogP contribution < -0.4 is 10.2 Å². The van der Waals surface area contributed by atoms with Gasteiger partial charge in [0.1, 0.15) is 5.82 Å². The second-order valence-corrected chi connectivity index (χ2v) is 7.16. The molecule has 1 aromatic carbocycles. The van der Waals surface area contributed by atoms with Crippen LogP contribution in [0.25, 0.3) is 0 Å². The highest BCUT2D eigenvalue weighted by Crippen LogP contribution is 2.15. The maximum absolute atomic E-state index is 12.3. The molecule has 3 aromatic rings. The van der Waals surface area contributed by atoms with Gasteiger partial charge in [0.15, 0.2) is 0 Å². The lowest BCUT2D eigenvalue weighted by Gasteiger charge is -2.35. The number of pyridine rings is 2. The Balaban J connectivity index is 1.27. The van der Waals surface area contributed by atoms with E-state index in [-0.39, 0.29) is 5.91 Å². The largest absolute Gasteiger partial charge is 0.354 e. The van der Waals surface area contributed by atoms with Crippen LogP contribution in [0.5, 0.6) is 0 Å². The van der Waals surface area contributed by atoms with E-state index in [2.05, 4.69) is 55.4 Å². The fourth-order valence-corrected chi connectivity index (χ4v) is 3.46. The summed E-state index contributed by atoms with van der Waals surface area (Å²) in [7, 11) is 0. The van der Waals surface area contributed by atoms with Crippen LogP contribution >= 0.6 is 0 Å². The summed E-state index contributed by atoms with van der Waals surface area (Å²) in [5.41, 5.74) is 2.74. The van der Waals surface area contributed by atoms with Gasteiger partial charge in [0.2, 0.25) is 0 Å². The molecule has 6 heteroatoms. The molecule has 1 saturated heterocycles. The standard InChI is InChI=1S/C23H25N5O/c29-23(26-17-21-8-4-5-11-24-21)20-9-10-22(25-16-20)28-14-12-27(13-15-28)18-19-6-2-1-3-7-19/h1-11,16H,12-15,17-18H2,(H,26,29). The number of amides is 1. The predicted octanol–water partition coefficient (Wildman–Crippen LogP) is 2.73. The summed E-state index contributed by atoms with van der Waals surface area (Å²) < 4.78 is 0. The van der Waals surface area contributed by atoms with Crippen LogP contribution in [-0.4, -0.2) is 47.0 Å². The minimum atomic E-state index is -0.137. The first kappa shape index (κ1) is 19.1. The second kappa shape index (κ2) is 9.30. The number of nitrogens with zero attached hydrogens (tertiary/aromatic N) is 4. The molecule has 4 rings (SSSR count). The van der Waals surface area contributed by atoms with Crippen molar-refractivity contribution in [3.63, 3.8) is 0 Å². The summed E-state index contributed by atoms with van der Waals surface area (Å²) in [6.45, 7) is 5.27. The van der Waals surface area contributed by atoms with E-state index in [1.807, 2.05) is 30.3 Å². The monoisotopic (exact) mass is 387 g/mol. The number of hydrogen-bond acceptors (Lipinski definition) is 5. The van der Waals surface area contributed by atoms with E-state index in [0.717, 1.165) is 44.2 Å². The zero-order valence-electron chi connectivity index (χ0n) is 16.4. The van der Waals surface area contributed by atoms with Gasteiger partial charge in [-0.05, 0) is 29.8 Å². The first-order valence-corrected chi connectivity index (χ1v) is 9.93. The average molecular weight is 387 g/mol. The Morgan fingerprint density at radius 2 is 1.69 bits per heavy atom. The zero-order chi connectivity index (χ0) is 19.9. The fraction of sp³-hybridized carbons (Fsp3) is 0.261. The van der Waals surface area contributed by atoms with E-state index in [4.69, 9.17) is 0 Å². The molecule has 29 heavy (non-hydrogen) atoms. The number of carbonyl (C=O) groups is 1. The summed E-state index contributed by atoms with van der Waals surface area (Å²) in [4.78, 5) is 25.8. The SMILES string of the molecule is O=C(NCc1ccccn1)c1ccc(N2CCN(Cc3ccccc3)CC2)nc1. The van der Waals surface area contributed by atoms with Gasteiger partial charge in [0, 0.05) is 45.1 Å². The minimum Gasteiger partial charge on any atom is -0.354 e. The number of carbonyl (C=O) groups excluding carboxylic acids is 1. The van der Waals surface area contributed by atoms with Crippen molar-refractivity contribution in [3.8, 4) is 0 Å². The first-order valence-electron chi connectivity index (χ1n) is 9.93. The van der Waals surface area contributed by atoms with Gasteiger partial charge in [-0.2, -0.15) is 0 Å². The summed E-state index contributed by atoms with van der Waals surface area (Å²) in [6.07, 6.45) is 3.37. The van der Waals surface area contributed by atoms with Crippen LogP contribution in [0.4, 0.5) is 5.82 Å². The van der Waals surface area contributed by atoms with Gasteiger partial charge in [-0.3, -0.25) is 14.7 Å². The summed E-state index contributed by atoms with van der Waals surface area (Å²) in [5.74, 6) is 0.785. The zero-order valence-corrected chi connectivity index (χ0v) is 16.4. The molecule has 0 spiro atoms. The van der Waals surface area contributed by atoms with Crippen LogP contribution in [-0.2, 0) is 13.1 Å². The molecule has 1 fully saturated rings. The molecule has 148 valence electrons. The summed E-state index contributed by atoms with van der Waals surface area (Å²) in [6, 6.07) is 20.0. The molecule has 1 aliphatic heterocycles. The lowest BCUT2D eigenvalue weighted by Crippen LogP contribution is -2.46. The normalized spacial score (nSPS) is 14.6. The van der Waals surface area contributed by atoms with Crippen LogP contribution in [0.2, 0.25) is 0 Å². The van der Waals surface area contributed by atoms with E-state index in [9.17, 15) is 4.79 Å². The summed E-state index contributed by atoms with van der Waals surface area (Å²) >= 11 is 0. The van der Waals surface area contributed by atoms with Crippen LogP contribution in [0, 0.1) is 0 Å². The Morgan fingerprint density at radius 3 is 2.38 bits per heavy atom. The minimum absolute atomic E-state index is 0.137. The van der Waals surface area contributed by atoms with Crippen molar-refractivity contribution in [1.29, 1.82) is 0 Å². The third-order valence-corrected chi connectivity index (χ3v) is 5.11. The molecule has 0 aliphatic carbocycles. The maximum atomic E-state index is 12.3. The number of aromatic nitrogens is 2. The van der Waals surface area contributed by atoms with Crippen molar-refractivity contribution in [2.24, 2.45) is 0 Å². The van der Waals surface area contributed by atoms with E-state index >= 15 is 0 Å². The lowest BCUT2D eigenvalue weighted by atomic mass is 10.2. The fourth-order valence-electron chi connectivity index (χ4n) is 3.46. The molecule has 0 saturated carbocycles. The van der Waals surface area contributed by atoms with Gasteiger partial charge in [0.25, 0.3) is 5.91 Å². The van der Waals surface area contributed by atoms with E-state index < -0.39 is 0 Å². The highest BCUT2D eigenvalue weighted by Gasteiger charge is 2.18. The molecule has 0 atom stereocenters. The Hall–Kier alpha value is -3.25. The Kier molecular flexibility index (Phi) is 6.12. The number of hydrogen-bond donors (Lipinski definition) is 1. The Bertz CT molecular complexity index is 907. The molecule has 6 nitrogen and oxygen atoms in total. The maximum Gasteiger partial charge on any atom is 0.253 e. The van der Waals surface area contributed by atoms with E-state index in [1.54, 1.807) is 12.4 Å². The van der Waals surface area contributed by atoms with Crippen molar-refractivity contribution in [3.05, 3.63) is 89.9 Å². The first-order chi connectivity index (χ1) is 14.3. The molecule has 0 bridgehead atoms. The molecular weight excluding hydrogens is 362 g/mol. The van der Waals surface area contributed by atoms with Gasteiger partial charge in [-0.25, -0.2) is 4.98 Å². The molecule has 0 unspecified atom stereocenters. The smallest absolute Gasteiger partial charge is 0.253 e. The van der Waals surface area contributed by atoms with E-state index in [0.29, 0.717) is 12.1 Å². The predicted molar refractivity (Wildman–Crippen MR) is 114 cm³/mol. The molecule has 1 N–H and O–H groups in total. The van der Waals surface area contributed by atoms with Gasteiger partial charge in [-0.15, -0.1) is 0 Å². The number of nitrogens with one attached hydrogen (secondary N) is 1. The van der Waals surface area contributed by atoms with Crippen molar-refractivity contribution in [1.82, 2.24) is 20.2 Å². The van der Waals surface area contributed by atoms with Gasteiger partial charge >= 0.3 is 0 Å². The lowest BCUT2D eigenvalue weighted by molar-refractivity contribution is 0.0950. The highest BCUT2D eigenvalue weighted by molar-refractivity contribution is 5.93. The Morgan fingerprint density at radius 1 is 0.897 bits per heavy atom. The van der Waals surface area contributed by atoms with Gasteiger partial charge < -0.3 is 10.2 Å². The number of benzene rings is 1. The van der Waals surface area contributed by atoms with Gasteiger partial charge in [-0.1, -0.05) is 36.4 Å². The Labute approximate surface area is 171 Å². The molecule has 2 aromatic heterocycles. The van der Waals surface area contributed by atoms with Crippen molar-refractivity contribution in [2.45, 2.75) is 13.1 Å². The number of rotatable bonds is 6. The summed E-state index contributed by atoms with van der Waals surface area (Å²) in [5, 5.41) is 2.88. The molecule has 1 aliphatic rings. The molecule has 0 radical (unpaired) electrons. The second-order valence-electron chi connectivity index (χ2n) is 7.16. The number of piperazine rings is 1. The number of anilines is 1. The third-order valence-electron chi connectivity index (χ3n) is 5.11. The van der Waals surface area contributed by atoms with Crippen molar-refractivity contribution in [2.75, 3.05) is 31.1 Å². The van der Waals surface area contributed by atoms with Crippen LogP contribution in [0.1, 0.15) is 21.6 Å². The van der Waals surface area contributed by atoms with E-state index in [1.165, 1.54) is 5.56 Å². The molecule has 3 heterocycles. The van der Waals surface area contributed by atoms with Crippen LogP contribution in [0.3, 0.4) is 0 Å². The highest BCUT2D eigenvalue weighted by atomic mass is 16.1. The topological polar surface area (TPSA) is 61.4 Å². The average Bonchev–Trinajstić information content (AvgIpc) is 2.79.